The lowest BCUT2D eigenvalue weighted by atomic mass is 9.64. The predicted octanol–water partition coefficient (Wildman–Crippen LogP) is 5.67. The molecule has 0 aromatic heterocycles. The van der Waals surface area contributed by atoms with Crippen molar-refractivity contribution in [3.8, 4) is 0 Å². The average molecular weight is 325 g/mol. The molecule has 0 N–H and O–H groups in total. The third kappa shape index (κ3) is 4.75. The maximum atomic E-state index is 6.26. The summed E-state index contributed by atoms with van der Waals surface area (Å²) in [6.07, 6.45) is 9.18. The van der Waals surface area contributed by atoms with Crippen molar-refractivity contribution in [3.63, 3.8) is 0 Å². The summed E-state index contributed by atoms with van der Waals surface area (Å²) in [4.78, 5) is 0. The zero-order chi connectivity index (χ0) is 15.9. The van der Waals surface area contributed by atoms with Gasteiger partial charge < -0.3 is 8.85 Å². The molecular formula is C17H32O2Si2. The maximum absolute atomic E-state index is 6.26. The second kappa shape index (κ2) is 5.61. The summed E-state index contributed by atoms with van der Waals surface area (Å²) < 4.78 is 12.5. The van der Waals surface area contributed by atoms with Crippen LogP contribution in [0.25, 0.3) is 0 Å². The number of hydrogen-bond donors (Lipinski definition) is 0. The van der Waals surface area contributed by atoms with Crippen LogP contribution in [0.3, 0.4) is 0 Å². The SMILES string of the molecule is CC12CC=C(O[Si](C)(C)C)CC1CC(O[Si](C)(C)C)=CC2. The molecule has 0 aliphatic heterocycles. The first-order valence-corrected chi connectivity index (χ1v) is 15.0. The smallest absolute Gasteiger partial charge is 0.241 e. The Hall–Kier alpha value is -0.486. The first-order chi connectivity index (χ1) is 9.47. The topological polar surface area (TPSA) is 18.5 Å². The molecule has 21 heavy (non-hydrogen) atoms. The van der Waals surface area contributed by atoms with Crippen molar-refractivity contribution in [2.45, 2.75) is 71.9 Å². The highest BCUT2D eigenvalue weighted by Crippen LogP contribution is 2.50. The van der Waals surface area contributed by atoms with Crippen molar-refractivity contribution in [2.24, 2.45) is 11.3 Å². The first-order valence-electron chi connectivity index (χ1n) is 8.23. The van der Waals surface area contributed by atoms with Crippen LogP contribution < -0.4 is 0 Å². The van der Waals surface area contributed by atoms with Gasteiger partial charge in [0.1, 0.15) is 0 Å². The van der Waals surface area contributed by atoms with E-state index in [4.69, 9.17) is 8.85 Å². The second-order valence-corrected chi connectivity index (χ2v) is 17.8. The molecule has 2 rings (SSSR count). The van der Waals surface area contributed by atoms with Gasteiger partial charge in [0.2, 0.25) is 16.6 Å². The van der Waals surface area contributed by atoms with Crippen LogP contribution in [0.4, 0.5) is 0 Å². The van der Waals surface area contributed by atoms with Crippen molar-refractivity contribution in [1.82, 2.24) is 0 Å². The Bertz CT molecular complexity index is 414. The molecular weight excluding hydrogens is 292 g/mol. The summed E-state index contributed by atoms with van der Waals surface area (Å²) in [7, 11) is -2.98. The Balaban J connectivity index is 2.07. The molecule has 0 bridgehead atoms. The maximum Gasteiger partial charge on any atom is 0.241 e. The molecule has 120 valence electrons. The van der Waals surface area contributed by atoms with E-state index in [0.29, 0.717) is 11.3 Å². The molecule has 0 amide bonds. The highest BCUT2D eigenvalue weighted by molar-refractivity contribution is 6.70. The molecule has 0 aromatic rings. The molecule has 0 saturated carbocycles. The molecule has 0 radical (unpaired) electrons. The van der Waals surface area contributed by atoms with Crippen molar-refractivity contribution < 1.29 is 8.85 Å². The van der Waals surface area contributed by atoms with Gasteiger partial charge in [0, 0.05) is 12.8 Å². The lowest BCUT2D eigenvalue weighted by molar-refractivity contribution is 0.125. The van der Waals surface area contributed by atoms with Crippen LogP contribution in [-0.2, 0) is 8.85 Å². The van der Waals surface area contributed by atoms with Crippen LogP contribution in [-0.4, -0.2) is 16.6 Å². The van der Waals surface area contributed by atoms with Crippen LogP contribution in [0, 0.1) is 11.3 Å². The monoisotopic (exact) mass is 324 g/mol. The second-order valence-electron chi connectivity index (χ2n) is 8.94. The van der Waals surface area contributed by atoms with Crippen LogP contribution in [0.1, 0.15) is 32.6 Å². The minimum Gasteiger partial charge on any atom is -0.548 e. The van der Waals surface area contributed by atoms with Gasteiger partial charge in [-0.05, 0) is 75.6 Å². The Morgan fingerprint density at radius 2 is 1.24 bits per heavy atom. The van der Waals surface area contributed by atoms with Gasteiger partial charge >= 0.3 is 0 Å². The lowest BCUT2D eigenvalue weighted by Crippen LogP contribution is -2.37. The fraction of sp³-hybridized carbons (Fsp3) is 0.765. The van der Waals surface area contributed by atoms with E-state index in [2.05, 4.69) is 58.4 Å². The molecule has 0 spiro atoms. The van der Waals surface area contributed by atoms with Crippen LogP contribution in [0.2, 0.25) is 39.3 Å². The van der Waals surface area contributed by atoms with Gasteiger partial charge in [-0.3, -0.25) is 0 Å². The summed E-state index contributed by atoms with van der Waals surface area (Å²) in [5.74, 6) is 3.15. The molecule has 0 unspecified atom stereocenters. The first kappa shape index (κ1) is 16.9. The van der Waals surface area contributed by atoms with Gasteiger partial charge in [0.25, 0.3) is 0 Å². The van der Waals surface area contributed by atoms with E-state index in [0.717, 1.165) is 25.7 Å². The minimum atomic E-state index is -1.49. The Kier molecular flexibility index (Phi) is 4.51. The molecule has 4 heteroatoms. The zero-order valence-corrected chi connectivity index (χ0v) is 16.9. The Labute approximate surface area is 132 Å². The Morgan fingerprint density at radius 3 is 1.57 bits per heavy atom. The number of rotatable bonds is 4. The summed E-state index contributed by atoms with van der Waals surface area (Å²) in [6, 6.07) is 0. The standard InChI is InChI=1S/C17H32O2Si2/c1-17-10-8-15(18-20(2,3)4)12-14(17)13-16(9-11-17)19-21(5,6)7/h8-9,14H,10-13H2,1-7H3. The van der Waals surface area contributed by atoms with Gasteiger partial charge in [-0.25, -0.2) is 0 Å². The third-order valence-electron chi connectivity index (χ3n) is 4.35. The summed E-state index contributed by atoms with van der Waals surface area (Å²) in [5, 5.41) is 0. The van der Waals surface area contributed by atoms with E-state index in [9.17, 15) is 0 Å². The van der Waals surface area contributed by atoms with E-state index < -0.39 is 16.6 Å². The summed E-state index contributed by atoms with van der Waals surface area (Å²) >= 11 is 0. The third-order valence-corrected chi connectivity index (χ3v) is 6.10. The summed E-state index contributed by atoms with van der Waals surface area (Å²) in [5.41, 5.74) is 0.401. The Morgan fingerprint density at radius 1 is 0.857 bits per heavy atom. The number of hydrogen-bond acceptors (Lipinski definition) is 2. The van der Waals surface area contributed by atoms with Crippen molar-refractivity contribution in [3.05, 3.63) is 23.7 Å². The summed E-state index contributed by atoms with van der Waals surface area (Å²) in [6.45, 7) is 16.0. The lowest BCUT2D eigenvalue weighted by Gasteiger charge is -2.45. The minimum absolute atomic E-state index is 0.401. The fourth-order valence-corrected chi connectivity index (χ4v) is 5.19. The van der Waals surface area contributed by atoms with E-state index in [-0.39, 0.29) is 0 Å². The largest absolute Gasteiger partial charge is 0.548 e. The van der Waals surface area contributed by atoms with Gasteiger partial charge in [-0.1, -0.05) is 6.92 Å². The predicted molar refractivity (Wildman–Crippen MR) is 95.1 cm³/mol. The van der Waals surface area contributed by atoms with Crippen molar-refractivity contribution in [1.29, 1.82) is 0 Å². The molecule has 0 atom stereocenters. The van der Waals surface area contributed by atoms with Crippen LogP contribution >= 0.6 is 0 Å². The molecule has 2 nitrogen and oxygen atoms in total. The van der Waals surface area contributed by atoms with E-state index >= 15 is 0 Å². The van der Waals surface area contributed by atoms with Crippen molar-refractivity contribution >= 4 is 16.6 Å². The number of allylic oxidation sites excluding steroid dienone is 4. The van der Waals surface area contributed by atoms with E-state index in [1.807, 2.05) is 0 Å². The molecule has 2 aliphatic rings. The quantitative estimate of drug-likeness (QED) is 0.620. The van der Waals surface area contributed by atoms with Gasteiger partial charge in [0.05, 0.1) is 11.5 Å². The van der Waals surface area contributed by atoms with Gasteiger partial charge in [-0.2, -0.15) is 0 Å². The molecule has 0 fully saturated rings. The van der Waals surface area contributed by atoms with E-state index in [1.54, 1.807) is 0 Å². The highest BCUT2D eigenvalue weighted by Gasteiger charge is 2.40. The van der Waals surface area contributed by atoms with Gasteiger partial charge in [-0.15, -0.1) is 0 Å². The molecule has 0 heterocycles. The normalized spacial score (nSPS) is 30.1. The van der Waals surface area contributed by atoms with Crippen molar-refractivity contribution in [2.75, 3.05) is 0 Å². The van der Waals surface area contributed by atoms with Crippen LogP contribution in [0.15, 0.2) is 23.7 Å². The van der Waals surface area contributed by atoms with E-state index in [1.165, 1.54) is 11.5 Å². The average Bonchev–Trinajstić information content (AvgIpc) is 2.26. The number of fused-ring (bicyclic) bond motifs is 1. The van der Waals surface area contributed by atoms with Gasteiger partial charge in [0.15, 0.2) is 0 Å². The zero-order valence-electron chi connectivity index (χ0n) is 14.9. The molecule has 0 saturated heterocycles. The highest BCUT2D eigenvalue weighted by atomic mass is 28.4. The van der Waals surface area contributed by atoms with Crippen LogP contribution in [0.5, 0.6) is 0 Å². The molecule has 2 aliphatic carbocycles. The molecule has 0 aromatic carbocycles. The fourth-order valence-electron chi connectivity index (χ4n) is 3.28.